The smallest absolute Gasteiger partial charge is 0.137 e. The van der Waals surface area contributed by atoms with Gasteiger partial charge in [0.05, 0.1) is 5.41 Å². The first kappa shape index (κ1) is 34.0. The first-order valence-corrected chi connectivity index (χ1v) is 21.1. The molecule has 2 aliphatic carbocycles. The first-order chi connectivity index (χ1) is 30.2. The SMILES string of the molecule is c1ccc(-c2ccc(N(c3ccc4c(c3)C3(c5ccccc5-c5ccccc53)c3ccc(-c5cccc6ccccc56)cc3-4)c3ccc4c(c3)oc3ccccc34)cc2)cc1. The second kappa shape index (κ2) is 13.0. The molecule has 11 aromatic rings. The van der Waals surface area contributed by atoms with Gasteiger partial charge in [-0.05, 0) is 126 Å². The lowest BCUT2D eigenvalue weighted by Crippen LogP contribution is -2.26. The van der Waals surface area contributed by atoms with Crippen LogP contribution in [0.2, 0.25) is 0 Å². The minimum Gasteiger partial charge on any atom is -0.456 e. The van der Waals surface area contributed by atoms with Crippen molar-refractivity contribution in [2.24, 2.45) is 0 Å². The number of hydrogen-bond acceptors (Lipinski definition) is 2. The van der Waals surface area contributed by atoms with Crippen LogP contribution in [-0.4, -0.2) is 0 Å². The van der Waals surface area contributed by atoms with Crippen LogP contribution in [0.15, 0.2) is 229 Å². The minimum atomic E-state index is -0.503. The molecule has 1 heterocycles. The highest BCUT2D eigenvalue weighted by atomic mass is 16.3. The van der Waals surface area contributed by atoms with Crippen molar-refractivity contribution in [1.29, 1.82) is 0 Å². The molecule has 61 heavy (non-hydrogen) atoms. The van der Waals surface area contributed by atoms with Gasteiger partial charge in [-0.2, -0.15) is 0 Å². The fraction of sp³-hybridized carbons (Fsp3) is 0.0169. The van der Waals surface area contributed by atoms with E-state index >= 15 is 0 Å². The molecule has 284 valence electrons. The lowest BCUT2D eigenvalue weighted by molar-refractivity contribution is 0.669. The monoisotopic (exact) mass is 775 g/mol. The van der Waals surface area contributed by atoms with Crippen LogP contribution in [0.1, 0.15) is 22.3 Å². The number of nitrogens with zero attached hydrogens (tertiary/aromatic N) is 1. The molecule has 1 aromatic heterocycles. The van der Waals surface area contributed by atoms with Gasteiger partial charge in [0, 0.05) is 33.9 Å². The summed E-state index contributed by atoms with van der Waals surface area (Å²) < 4.78 is 6.51. The number of anilines is 3. The Morgan fingerprint density at radius 1 is 0.295 bits per heavy atom. The van der Waals surface area contributed by atoms with Gasteiger partial charge < -0.3 is 9.32 Å². The van der Waals surface area contributed by atoms with E-state index in [1.807, 2.05) is 6.07 Å². The van der Waals surface area contributed by atoms with E-state index < -0.39 is 5.41 Å². The third-order valence-electron chi connectivity index (χ3n) is 13.3. The maximum Gasteiger partial charge on any atom is 0.137 e. The average molecular weight is 776 g/mol. The Morgan fingerprint density at radius 3 is 1.67 bits per heavy atom. The van der Waals surface area contributed by atoms with Crippen LogP contribution in [0.4, 0.5) is 17.1 Å². The van der Waals surface area contributed by atoms with Crippen molar-refractivity contribution in [3.8, 4) is 44.5 Å². The topological polar surface area (TPSA) is 16.4 Å². The molecule has 0 radical (unpaired) electrons. The molecule has 0 atom stereocenters. The van der Waals surface area contributed by atoms with Gasteiger partial charge in [-0.3, -0.25) is 0 Å². The van der Waals surface area contributed by atoms with Crippen LogP contribution >= 0.6 is 0 Å². The molecular weight excluding hydrogens is 739 g/mol. The molecular formula is C59H37NO. The fourth-order valence-corrected chi connectivity index (χ4v) is 10.7. The number of para-hydroxylation sites is 1. The number of fused-ring (bicyclic) bond motifs is 14. The first-order valence-electron chi connectivity index (χ1n) is 21.1. The third kappa shape index (κ3) is 4.91. The highest BCUT2D eigenvalue weighted by Gasteiger charge is 2.51. The van der Waals surface area contributed by atoms with E-state index in [0.29, 0.717) is 0 Å². The van der Waals surface area contributed by atoms with Gasteiger partial charge in [0.1, 0.15) is 11.2 Å². The molecule has 0 saturated carbocycles. The van der Waals surface area contributed by atoms with Crippen molar-refractivity contribution >= 4 is 49.8 Å². The molecule has 0 fully saturated rings. The number of hydrogen-bond donors (Lipinski definition) is 0. The summed E-state index contributed by atoms with van der Waals surface area (Å²) in [6.45, 7) is 0. The summed E-state index contributed by atoms with van der Waals surface area (Å²) in [5.41, 5.74) is 19.7. The third-order valence-corrected chi connectivity index (χ3v) is 13.3. The Morgan fingerprint density at radius 2 is 0.852 bits per heavy atom. The summed E-state index contributed by atoms with van der Waals surface area (Å²) in [6.07, 6.45) is 0. The highest BCUT2D eigenvalue weighted by molar-refractivity contribution is 6.06. The van der Waals surface area contributed by atoms with Gasteiger partial charge in [0.25, 0.3) is 0 Å². The van der Waals surface area contributed by atoms with Crippen LogP contribution in [0, 0.1) is 0 Å². The summed E-state index contributed by atoms with van der Waals surface area (Å²) in [5.74, 6) is 0. The molecule has 0 amide bonds. The van der Waals surface area contributed by atoms with Crippen molar-refractivity contribution in [2.75, 3.05) is 4.90 Å². The summed E-state index contributed by atoms with van der Waals surface area (Å²) in [5, 5.41) is 4.75. The maximum atomic E-state index is 6.51. The Labute approximate surface area is 354 Å². The van der Waals surface area contributed by atoms with E-state index in [0.717, 1.165) is 39.0 Å². The molecule has 2 aliphatic rings. The molecule has 0 unspecified atom stereocenters. The van der Waals surface area contributed by atoms with E-state index in [1.54, 1.807) is 0 Å². The van der Waals surface area contributed by atoms with E-state index in [9.17, 15) is 0 Å². The molecule has 13 rings (SSSR count). The van der Waals surface area contributed by atoms with Gasteiger partial charge in [0.15, 0.2) is 0 Å². The van der Waals surface area contributed by atoms with Crippen LogP contribution in [-0.2, 0) is 5.41 Å². The highest BCUT2D eigenvalue weighted by Crippen LogP contribution is 2.63. The lowest BCUT2D eigenvalue weighted by atomic mass is 9.70. The molecule has 2 heteroatoms. The summed E-state index contributed by atoms with van der Waals surface area (Å²) in [7, 11) is 0. The van der Waals surface area contributed by atoms with Gasteiger partial charge in [-0.15, -0.1) is 0 Å². The van der Waals surface area contributed by atoms with Crippen molar-refractivity contribution in [3.05, 3.63) is 247 Å². The predicted molar refractivity (Wildman–Crippen MR) is 253 cm³/mol. The normalized spacial score (nSPS) is 13.0. The zero-order chi connectivity index (χ0) is 40.1. The largest absolute Gasteiger partial charge is 0.456 e. The molecule has 0 N–H and O–H groups in total. The average Bonchev–Trinajstić information content (AvgIpc) is 3.95. The quantitative estimate of drug-likeness (QED) is 0.173. The van der Waals surface area contributed by atoms with E-state index in [-0.39, 0.29) is 0 Å². The van der Waals surface area contributed by atoms with E-state index in [2.05, 4.69) is 223 Å². The minimum absolute atomic E-state index is 0.503. The van der Waals surface area contributed by atoms with Gasteiger partial charge >= 0.3 is 0 Å². The van der Waals surface area contributed by atoms with Crippen LogP contribution in [0.5, 0.6) is 0 Å². The fourth-order valence-electron chi connectivity index (χ4n) is 10.7. The van der Waals surface area contributed by atoms with E-state index in [1.165, 1.54) is 77.5 Å². The summed E-state index contributed by atoms with van der Waals surface area (Å²) in [4.78, 5) is 2.40. The zero-order valence-corrected chi connectivity index (χ0v) is 33.2. The molecule has 10 aromatic carbocycles. The van der Waals surface area contributed by atoms with Gasteiger partial charge in [-0.25, -0.2) is 0 Å². The van der Waals surface area contributed by atoms with Crippen molar-refractivity contribution in [3.63, 3.8) is 0 Å². The summed E-state index contributed by atoms with van der Waals surface area (Å²) >= 11 is 0. The van der Waals surface area contributed by atoms with Crippen LogP contribution in [0.3, 0.4) is 0 Å². The van der Waals surface area contributed by atoms with Crippen molar-refractivity contribution < 1.29 is 4.42 Å². The van der Waals surface area contributed by atoms with Crippen LogP contribution in [0.25, 0.3) is 77.2 Å². The lowest BCUT2D eigenvalue weighted by Gasteiger charge is -2.32. The standard InChI is InChI=1S/C59H37NO/c1-2-13-38(14-3-1)39-25-28-42(29-26-39)60(44-31-33-51-50-20-8-11-24-57(50)61-58(51)37-44)43-30-32-49-52-35-41(46-21-12-16-40-15-4-5-17-45(40)46)27-34-55(52)59(56(49)36-43)53-22-9-6-18-47(53)48-19-7-10-23-54(48)59/h1-37H. The molecule has 0 aliphatic heterocycles. The number of furan rings is 1. The number of rotatable bonds is 5. The van der Waals surface area contributed by atoms with Crippen molar-refractivity contribution in [1.82, 2.24) is 0 Å². The maximum absolute atomic E-state index is 6.51. The molecule has 0 saturated heterocycles. The zero-order valence-electron chi connectivity index (χ0n) is 33.2. The molecule has 2 nitrogen and oxygen atoms in total. The molecule has 1 spiro atoms. The molecule has 0 bridgehead atoms. The Hall–Kier alpha value is -7.94. The number of benzene rings is 10. The predicted octanol–water partition coefficient (Wildman–Crippen LogP) is 15.9. The van der Waals surface area contributed by atoms with Crippen molar-refractivity contribution in [2.45, 2.75) is 5.41 Å². The van der Waals surface area contributed by atoms with E-state index in [4.69, 9.17) is 4.42 Å². The van der Waals surface area contributed by atoms with Crippen LogP contribution < -0.4 is 4.90 Å². The Kier molecular flexibility index (Phi) is 7.26. The Bertz CT molecular complexity index is 3490. The summed E-state index contributed by atoms with van der Waals surface area (Å²) in [6, 6.07) is 82.4. The second-order valence-electron chi connectivity index (χ2n) is 16.4. The second-order valence-corrected chi connectivity index (χ2v) is 16.4. The van der Waals surface area contributed by atoms with Gasteiger partial charge in [0.2, 0.25) is 0 Å². The van der Waals surface area contributed by atoms with Gasteiger partial charge in [-0.1, -0.05) is 170 Å². The Balaban J connectivity index is 1.06.